The van der Waals surface area contributed by atoms with E-state index in [4.69, 9.17) is 10.5 Å². The Morgan fingerprint density at radius 3 is 2.56 bits per heavy atom. The van der Waals surface area contributed by atoms with Crippen molar-refractivity contribution < 1.29 is 23.1 Å². The summed E-state index contributed by atoms with van der Waals surface area (Å²) in [4.78, 5) is 37.3. The molecule has 0 atom stereocenters. The molecule has 0 saturated heterocycles. The summed E-state index contributed by atoms with van der Waals surface area (Å²) in [7, 11) is -0.156. The van der Waals surface area contributed by atoms with Gasteiger partial charge in [-0.1, -0.05) is 33.3 Å². The van der Waals surface area contributed by atoms with E-state index in [1.54, 1.807) is 0 Å². The molecule has 0 unspecified atom stereocenters. The van der Waals surface area contributed by atoms with Crippen molar-refractivity contribution in [1.29, 1.82) is 0 Å². The number of nitrogens with one attached hydrogen (secondary N) is 1. The lowest BCUT2D eigenvalue weighted by molar-refractivity contribution is 0.0696. The lowest BCUT2D eigenvalue weighted by Crippen LogP contribution is -2.43. The SMILES string of the molecule is CCCCOc1nc(N)c2[nH]c(=O)n(CCCCN(CC(C)(C)CN(C)C)S(=O)(=O)c3cccc(C(=O)O)c3)c2n1. The zero-order chi connectivity index (χ0) is 30.4. The fourth-order valence-corrected chi connectivity index (χ4v) is 6.49. The number of aromatic nitrogens is 4. The number of ether oxygens (including phenoxy) is 1. The Balaban J connectivity index is 1.81. The van der Waals surface area contributed by atoms with Crippen molar-refractivity contribution in [3.05, 3.63) is 40.3 Å². The number of rotatable bonds is 16. The maximum absolute atomic E-state index is 13.7. The third kappa shape index (κ3) is 8.27. The number of imidazole rings is 1. The molecule has 226 valence electrons. The fraction of sp³-hybridized carbons (Fsp3) is 0.556. The van der Waals surface area contributed by atoms with Crippen LogP contribution in [0.2, 0.25) is 0 Å². The number of hydrogen-bond donors (Lipinski definition) is 3. The van der Waals surface area contributed by atoms with Crippen LogP contribution in [0.3, 0.4) is 0 Å². The Bertz CT molecular complexity index is 1510. The zero-order valence-electron chi connectivity index (χ0n) is 24.4. The number of hydrogen-bond acceptors (Lipinski definition) is 9. The molecule has 1 aromatic carbocycles. The summed E-state index contributed by atoms with van der Waals surface area (Å²) in [5.74, 6) is -1.09. The van der Waals surface area contributed by atoms with Crippen molar-refractivity contribution >= 4 is 33.0 Å². The van der Waals surface area contributed by atoms with Gasteiger partial charge in [-0.3, -0.25) is 4.57 Å². The van der Waals surface area contributed by atoms with Gasteiger partial charge < -0.3 is 25.5 Å². The molecule has 0 fully saturated rings. The average molecular weight is 592 g/mol. The molecule has 0 bridgehead atoms. The molecule has 14 heteroatoms. The van der Waals surface area contributed by atoms with Gasteiger partial charge in [-0.25, -0.2) is 18.0 Å². The average Bonchev–Trinajstić information content (AvgIpc) is 3.20. The Morgan fingerprint density at radius 1 is 1.17 bits per heavy atom. The van der Waals surface area contributed by atoms with Gasteiger partial charge in [-0.2, -0.15) is 14.3 Å². The highest BCUT2D eigenvalue weighted by atomic mass is 32.2. The summed E-state index contributed by atoms with van der Waals surface area (Å²) in [6, 6.07) is 5.47. The molecule has 0 aliphatic rings. The third-order valence-corrected chi connectivity index (χ3v) is 8.31. The molecule has 2 heterocycles. The maximum Gasteiger partial charge on any atom is 0.335 e. The van der Waals surface area contributed by atoms with Crippen LogP contribution in [0, 0.1) is 5.41 Å². The van der Waals surface area contributed by atoms with Gasteiger partial charge in [0, 0.05) is 26.2 Å². The van der Waals surface area contributed by atoms with Crippen LogP contribution in [0.5, 0.6) is 6.01 Å². The first kappa shape index (κ1) is 32.0. The van der Waals surface area contributed by atoms with Crippen LogP contribution in [0.4, 0.5) is 5.82 Å². The number of nitrogen functional groups attached to an aromatic ring is 1. The van der Waals surface area contributed by atoms with Gasteiger partial charge in [0.1, 0.15) is 5.52 Å². The lowest BCUT2D eigenvalue weighted by atomic mass is 9.93. The standard InChI is InChI=1S/C27H41N7O6S/c1-6-7-15-40-25-30-22(28)21-23(31-25)34(26(37)29-21)14-9-8-13-33(18-27(2,3)17-32(4)5)41(38,39)20-12-10-11-19(16-20)24(35)36/h10-12,16H,6-9,13-15,17-18H2,1-5H3,(H,29,37)(H,35,36)(H2,28,30,31). The smallest absolute Gasteiger partial charge is 0.335 e. The number of anilines is 1. The highest BCUT2D eigenvalue weighted by Gasteiger charge is 2.31. The van der Waals surface area contributed by atoms with Gasteiger partial charge in [0.25, 0.3) is 0 Å². The van der Waals surface area contributed by atoms with E-state index in [2.05, 4.69) is 15.0 Å². The second kappa shape index (κ2) is 13.4. The predicted molar refractivity (Wildman–Crippen MR) is 157 cm³/mol. The molecule has 13 nitrogen and oxygen atoms in total. The largest absolute Gasteiger partial charge is 0.478 e. The van der Waals surface area contributed by atoms with E-state index in [0.717, 1.165) is 12.8 Å². The minimum atomic E-state index is -4.00. The second-order valence-corrected chi connectivity index (χ2v) is 13.1. The Kier molecular flexibility index (Phi) is 10.5. The molecular formula is C27H41N7O6S. The van der Waals surface area contributed by atoms with E-state index in [-0.39, 0.29) is 41.9 Å². The Hall–Kier alpha value is -3.49. The molecule has 41 heavy (non-hydrogen) atoms. The minimum Gasteiger partial charge on any atom is -0.478 e. The minimum absolute atomic E-state index is 0.0753. The molecule has 3 aromatic rings. The number of nitrogens with two attached hydrogens (primary N) is 1. The van der Waals surface area contributed by atoms with E-state index in [1.165, 1.54) is 33.1 Å². The summed E-state index contributed by atoms with van der Waals surface area (Å²) in [5.41, 5.74) is 5.80. The number of carboxylic acid groups (broad SMARTS) is 1. The van der Waals surface area contributed by atoms with Gasteiger partial charge in [0.15, 0.2) is 11.5 Å². The fourth-order valence-electron chi connectivity index (χ4n) is 4.78. The summed E-state index contributed by atoms with van der Waals surface area (Å²) >= 11 is 0. The van der Waals surface area contributed by atoms with Crippen LogP contribution in [-0.2, 0) is 16.6 Å². The third-order valence-electron chi connectivity index (χ3n) is 6.47. The van der Waals surface area contributed by atoms with Crippen LogP contribution in [-0.4, -0.2) is 88.6 Å². The number of aromatic amines is 1. The molecule has 0 aliphatic heterocycles. The van der Waals surface area contributed by atoms with E-state index < -0.39 is 27.1 Å². The number of carboxylic acids is 1. The van der Waals surface area contributed by atoms with Gasteiger partial charge >= 0.3 is 17.7 Å². The summed E-state index contributed by atoms with van der Waals surface area (Å²) in [6.45, 7) is 7.75. The molecule has 3 rings (SSSR count). The number of aryl methyl sites for hydroxylation is 1. The number of fused-ring (bicyclic) bond motifs is 1. The summed E-state index contributed by atoms with van der Waals surface area (Å²) in [5, 5.41) is 9.38. The summed E-state index contributed by atoms with van der Waals surface area (Å²) < 4.78 is 35.9. The normalized spacial score (nSPS) is 12.5. The molecule has 4 N–H and O–H groups in total. The topological polar surface area (TPSA) is 177 Å². The quantitative estimate of drug-likeness (QED) is 0.210. The monoisotopic (exact) mass is 591 g/mol. The molecule has 0 spiro atoms. The lowest BCUT2D eigenvalue weighted by Gasteiger charge is -2.34. The highest BCUT2D eigenvalue weighted by Crippen LogP contribution is 2.25. The molecule has 0 radical (unpaired) electrons. The first-order valence-corrected chi connectivity index (χ1v) is 15.1. The van der Waals surface area contributed by atoms with Crippen molar-refractivity contribution in [3.63, 3.8) is 0 Å². The highest BCUT2D eigenvalue weighted by molar-refractivity contribution is 7.89. The van der Waals surface area contributed by atoms with Crippen molar-refractivity contribution in [2.24, 2.45) is 5.41 Å². The van der Waals surface area contributed by atoms with Gasteiger partial charge in [-0.15, -0.1) is 0 Å². The second-order valence-electron chi connectivity index (χ2n) is 11.2. The number of benzene rings is 1. The van der Waals surface area contributed by atoms with E-state index in [1.807, 2.05) is 39.8 Å². The Labute approximate surface area is 240 Å². The number of sulfonamides is 1. The van der Waals surface area contributed by atoms with Gasteiger partial charge in [0.2, 0.25) is 10.0 Å². The molecule has 0 amide bonds. The van der Waals surface area contributed by atoms with Crippen molar-refractivity contribution in [2.45, 2.75) is 57.9 Å². The number of carbonyl (C=O) groups is 1. The maximum atomic E-state index is 13.7. The Morgan fingerprint density at radius 2 is 1.90 bits per heavy atom. The molecule has 0 saturated carbocycles. The van der Waals surface area contributed by atoms with Crippen molar-refractivity contribution in [2.75, 3.05) is 46.1 Å². The van der Waals surface area contributed by atoms with Crippen LogP contribution in [0.25, 0.3) is 11.2 Å². The van der Waals surface area contributed by atoms with E-state index in [0.29, 0.717) is 37.2 Å². The number of H-pyrrole nitrogens is 1. The van der Waals surface area contributed by atoms with Gasteiger partial charge in [-0.05, 0) is 57.0 Å². The number of aromatic carboxylic acids is 1. The van der Waals surface area contributed by atoms with Crippen LogP contribution in [0.1, 0.15) is 56.8 Å². The van der Waals surface area contributed by atoms with Crippen LogP contribution < -0.4 is 16.2 Å². The van der Waals surface area contributed by atoms with Crippen LogP contribution >= 0.6 is 0 Å². The first-order chi connectivity index (χ1) is 19.2. The van der Waals surface area contributed by atoms with Crippen molar-refractivity contribution in [1.82, 2.24) is 28.7 Å². The summed E-state index contributed by atoms with van der Waals surface area (Å²) in [6.07, 6.45) is 2.68. The van der Waals surface area contributed by atoms with E-state index in [9.17, 15) is 23.1 Å². The molecule has 0 aliphatic carbocycles. The number of nitrogens with zero attached hydrogens (tertiary/aromatic N) is 5. The van der Waals surface area contributed by atoms with E-state index >= 15 is 0 Å². The van der Waals surface area contributed by atoms with Crippen LogP contribution in [0.15, 0.2) is 34.0 Å². The van der Waals surface area contributed by atoms with Crippen molar-refractivity contribution in [3.8, 4) is 6.01 Å². The predicted octanol–water partition coefficient (Wildman–Crippen LogP) is 2.64. The zero-order valence-corrected chi connectivity index (χ0v) is 25.2. The first-order valence-electron chi connectivity index (χ1n) is 13.6. The van der Waals surface area contributed by atoms with Gasteiger partial charge in [0.05, 0.1) is 17.1 Å². The molecule has 2 aromatic heterocycles. The molecular weight excluding hydrogens is 550 g/mol. The number of unbranched alkanes of at least 4 members (excludes halogenated alkanes) is 2.